The monoisotopic (exact) mass is 741 g/mol. The molecule has 0 saturated heterocycles. The van der Waals surface area contributed by atoms with Gasteiger partial charge in [-0.2, -0.15) is 5.26 Å². The van der Waals surface area contributed by atoms with Gasteiger partial charge in [0.05, 0.1) is 23.0 Å². The molecule has 264 valence electrons. The average Bonchev–Trinajstić information content (AvgIpc) is 3.66. The van der Waals surface area contributed by atoms with Crippen LogP contribution in [0.25, 0.3) is 109 Å². The van der Waals surface area contributed by atoms with Gasteiger partial charge in [0.2, 0.25) is 0 Å². The van der Waals surface area contributed by atoms with Crippen molar-refractivity contribution < 1.29 is 0 Å². The minimum Gasteiger partial charge on any atom is -0.228 e. The summed E-state index contributed by atoms with van der Waals surface area (Å²) in [6.45, 7) is 0. The van der Waals surface area contributed by atoms with Gasteiger partial charge in [0.25, 0.3) is 0 Å². The van der Waals surface area contributed by atoms with Gasteiger partial charge >= 0.3 is 0 Å². The second kappa shape index (κ2) is 13.4. The van der Waals surface area contributed by atoms with Crippen LogP contribution in [0.1, 0.15) is 5.56 Å². The summed E-state index contributed by atoms with van der Waals surface area (Å²) in [7, 11) is 0. The molecule has 9 aromatic carbocycles. The molecule has 0 saturated carbocycles. The topological polar surface area (TPSA) is 49.6 Å². The first-order chi connectivity index (χ1) is 28.2. The van der Waals surface area contributed by atoms with E-state index in [-0.39, 0.29) is 0 Å². The second-order valence-electron chi connectivity index (χ2n) is 14.4. The lowest BCUT2D eigenvalue weighted by Gasteiger charge is -2.16. The van der Waals surface area contributed by atoms with Crippen molar-refractivity contribution in [3.63, 3.8) is 0 Å². The molecule has 57 heavy (non-hydrogen) atoms. The molecule has 0 unspecified atom stereocenters. The number of benzene rings is 9. The Balaban J connectivity index is 1.07. The Labute approximate surface area is 333 Å². The third-order valence-corrected chi connectivity index (χ3v) is 12.3. The highest BCUT2D eigenvalue weighted by atomic mass is 32.1. The van der Waals surface area contributed by atoms with Gasteiger partial charge in [0, 0.05) is 36.9 Å². The van der Waals surface area contributed by atoms with Crippen LogP contribution in [0.4, 0.5) is 0 Å². The molecule has 2 heterocycles. The van der Waals surface area contributed by atoms with Crippen molar-refractivity contribution in [2.75, 3.05) is 0 Å². The highest BCUT2D eigenvalue weighted by molar-refractivity contribution is 7.25. The molecule has 11 rings (SSSR count). The molecule has 0 fully saturated rings. The molecule has 11 aromatic rings. The molecule has 0 aliphatic carbocycles. The molecule has 0 N–H and O–H groups in total. The quantitative estimate of drug-likeness (QED) is 0.165. The summed E-state index contributed by atoms with van der Waals surface area (Å²) in [5.74, 6) is 0.705. The zero-order valence-electron chi connectivity index (χ0n) is 30.6. The number of hydrogen-bond donors (Lipinski definition) is 0. The summed E-state index contributed by atoms with van der Waals surface area (Å²) < 4.78 is 2.43. The van der Waals surface area contributed by atoms with E-state index in [2.05, 4.69) is 170 Å². The normalized spacial score (nSPS) is 11.5. The van der Waals surface area contributed by atoms with Crippen molar-refractivity contribution in [3.8, 4) is 62.2 Å². The molecular formula is C53H31N3S. The van der Waals surface area contributed by atoms with Gasteiger partial charge in [0.15, 0.2) is 5.82 Å². The molecule has 0 bridgehead atoms. The van der Waals surface area contributed by atoms with Crippen LogP contribution in [0, 0.1) is 11.3 Å². The minimum absolute atomic E-state index is 0.686. The first-order valence-electron chi connectivity index (χ1n) is 19.0. The standard InChI is InChI=1S/C53H31N3S/c54-32-33-19-25-51-46(27-33)47-28-38(24-26-52(47)57-51)34-20-22-35(23-21-34)43-29-44-41-17-9-10-18-42(41)48(30-45(44)40-16-8-7-15-39(40)43)53-55-49(36-11-3-1-4-12-36)31-50(56-53)37-13-5-2-6-14-37/h1-31H. The SMILES string of the molecule is N#Cc1ccc2sc3ccc(-c4ccc(-c5cc6c7ccccc7c(-c7nc(-c8ccccc8)cc(-c8ccccc8)n7)cc6c6ccccc56)cc4)cc3c2c1. The van der Waals surface area contributed by atoms with E-state index in [0.717, 1.165) is 55.5 Å². The van der Waals surface area contributed by atoms with Crippen molar-refractivity contribution in [2.24, 2.45) is 0 Å². The van der Waals surface area contributed by atoms with Gasteiger partial charge in [-0.05, 0) is 103 Å². The predicted octanol–water partition coefficient (Wildman–Crippen LogP) is 14.5. The minimum atomic E-state index is 0.686. The molecule has 0 radical (unpaired) electrons. The van der Waals surface area contributed by atoms with Crippen molar-refractivity contribution in [1.82, 2.24) is 9.97 Å². The maximum Gasteiger partial charge on any atom is 0.161 e. The Kier molecular flexibility index (Phi) is 7.74. The summed E-state index contributed by atoms with van der Waals surface area (Å²) in [6.07, 6.45) is 0. The fourth-order valence-corrected chi connectivity index (χ4v) is 9.39. The lowest BCUT2D eigenvalue weighted by Crippen LogP contribution is -1.97. The Bertz CT molecular complexity index is 3340. The van der Waals surface area contributed by atoms with E-state index in [4.69, 9.17) is 9.97 Å². The molecule has 0 amide bonds. The van der Waals surface area contributed by atoms with Gasteiger partial charge in [-0.3, -0.25) is 0 Å². The summed E-state index contributed by atoms with van der Waals surface area (Å²) >= 11 is 1.77. The van der Waals surface area contributed by atoms with Gasteiger partial charge in [-0.1, -0.05) is 140 Å². The van der Waals surface area contributed by atoms with E-state index in [1.165, 1.54) is 47.3 Å². The van der Waals surface area contributed by atoms with Crippen LogP contribution in [-0.2, 0) is 0 Å². The fourth-order valence-electron chi connectivity index (χ4n) is 8.32. The summed E-state index contributed by atoms with van der Waals surface area (Å²) in [4.78, 5) is 10.5. The fraction of sp³-hybridized carbons (Fsp3) is 0. The van der Waals surface area contributed by atoms with E-state index in [1.54, 1.807) is 11.3 Å². The van der Waals surface area contributed by atoms with Gasteiger partial charge in [-0.25, -0.2) is 9.97 Å². The Morgan fingerprint density at radius 3 is 1.46 bits per heavy atom. The van der Waals surface area contributed by atoms with E-state index >= 15 is 0 Å². The molecular weight excluding hydrogens is 711 g/mol. The van der Waals surface area contributed by atoms with E-state index in [0.29, 0.717) is 11.4 Å². The number of thiophene rings is 1. The van der Waals surface area contributed by atoms with Crippen LogP contribution in [-0.4, -0.2) is 9.97 Å². The van der Waals surface area contributed by atoms with Gasteiger partial charge in [0.1, 0.15) is 0 Å². The molecule has 3 nitrogen and oxygen atoms in total. The van der Waals surface area contributed by atoms with E-state index in [1.807, 2.05) is 24.3 Å². The predicted molar refractivity (Wildman–Crippen MR) is 239 cm³/mol. The maximum atomic E-state index is 9.53. The van der Waals surface area contributed by atoms with Crippen LogP contribution < -0.4 is 0 Å². The molecule has 0 aliphatic rings. The first kappa shape index (κ1) is 32.9. The Morgan fingerprint density at radius 2 is 0.842 bits per heavy atom. The third-order valence-electron chi connectivity index (χ3n) is 11.1. The number of fused-ring (bicyclic) bond motifs is 8. The number of hydrogen-bond acceptors (Lipinski definition) is 4. The van der Waals surface area contributed by atoms with Crippen molar-refractivity contribution >= 4 is 63.8 Å². The number of rotatable bonds is 5. The highest BCUT2D eigenvalue weighted by Crippen LogP contribution is 2.43. The van der Waals surface area contributed by atoms with Crippen LogP contribution in [0.2, 0.25) is 0 Å². The average molecular weight is 742 g/mol. The largest absolute Gasteiger partial charge is 0.228 e. The number of aromatic nitrogens is 2. The van der Waals surface area contributed by atoms with Crippen molar-refractivity contribution in [2.45, 2.75) is 0 Å². The zero-order chi connectivity index (χ0) is 37.9. The van der Waals surface area contributed by atoms with E-state index in [9.17, 15) is 5.26 Å². The molecule has 0 atom stereocenters. The molecule has 0 spiro atoms. The summed E-state index contributed by atoms with van der Waals surface area (Å²) in [5, 5.41) is 18.9. The third kappa shape index (κ3) is 5.64. The van der Waals surface area contributed by atoms with Crippen LogP contribution >= 0.6 is 11.3 Å². The van der Waals surface area contributed by atoms with Crippen LogP contribution in [0.3, 0.4) is 0 Å². The second-order valence-corrected chi connectivity index (χ2v) is 15.5. The van der Waals surface area contributed by atoms with Gasteiger partial charge in [-0.15, -0.1) is 11.3 Å². The Hall–Kier alpha value is -7.45. The van der Waals surface area contributed by atoms with Crippen LogP contribution in [0.15, 0.2) is 188 Å². The molecule has 2 aromatic heterocycles. The van der Waals surface area contributed by atoms with Crippen molar-refractivity contribution in [3.05, 3.63) is 194 Å². The zero-order valence-corrected chi connectivity index (χ0v) is 31.5. The maximum absolute atomic E-state index is 9.53. The highest BCUT2D eigenvalue weighted by Gasteiger charge is 2.18. The summed E-state index contributed by atoms with van der Waals surface area (Å²) in [6, 6.07) is 68.8. The lowest BCUT2D eigenvalue weighted by atomic mass is 9.88. The lowest BCUT2D eigenvalue weighted by molar-refractivity contribution is 1.19. The number of nitriles is 1. The Morgan fingerprint density at radius 1 is 0.351 bits per heavy atom. The summed E-state index contributed by atoms with van der Waals surface area (Å²) in [5.41, 5.74) is 10.3. The first-order valence-corrected chi connectivity index (χ1v) is 19.8. The number of nitrogens with zero attached hydrogens (tertiary/aromatic N) is 3. The van der Waals surface area contributed by atoms with Crippen LogP contribution in [0.5, 0.6) is 0 Å². The van der Waals surface area contributed by atoms with Gasteiger partial charge < -0.3 is 0 Å². The smallest absolute Gasteiger partial charge is 0.161 e. The molecule has 0 aliphatic heterocycles. The van der Waals surface area contributed by atoms with Crippen molar-refractivity contribution in [1.29, 1.82) is 5.26 Å². The van der Waals surface area contributed by atoms with E-state index < -0.39 is 0 Å². The molecule has 4 heteroatoms.